The third-order valence-corrected chi connectivity index (χ3v) is 1.91. The van der Waals surface area contributed by atoms with Crippen LogP contribution in [-0.2, 0) is 0 Å². The maximum absolute atomic E-state index is 10.7. The van der Waals surface area contributed by atoms with Gasteiger partial charge in [-0.25, -0.2) is 5.01 Å². The van der Waals surface area contributed by atoms with E-state index in [0.29, 0.717) is 13.1 Å². The summed E-state index contributed by atoms with van der Waals surface area (Å²) < 4.78 is 0. The summed E-state index contributed by atoms with van der Waals surface area (Å²) in [6.45, 7) is 5.07. The maximum Gasteiger partial charge on any atom is 0.383 e. The van der Waals surface area contributed by atoms with Gasteiger partial charge in [-0.3, -0.25) is 15.0 Å². The van der Waals surface area contributed by atoms with Crippen LogP contribution in [-0.4, -0.2) is 40.5 Å². The van der Waals surface area contributed by atoms with Gasteiger partial charge in [0.1, 0.15) is 6.34 Å². The normalized spacial score (nSPS) is 21.2. The van der Waals surface area contributed by atoms with Crippen molar-refractivity contribution in [3.8, 4) is 0 Å². The van der Waals surface area contributed by atoms with Gasteiger partial charge >= 0.3 is 6.29 Å². The number of hydrogen-bond acceptors (Lipinski definition) is 5. The predicted molar refractivity (Wildman–Crippen MR) is 48.7 cm³/mol. The lowest BCUT2D eigenvalue weighted by atomic mass is 10.4. The SMILES string of the molecule is CCCN1C=NN(CC)C1[N+](=O)[O-]. The standard InChI is InChI=1S/C7H14N4O2/c1-3-5-9-6-8-10(4-2)7(9)11(12)13/h6-7H,3-5H2,1-2H3. The van der Waals surface area contributed by atoms with E-state index in [2.05, 4.69) is 5.10 Å². The van der Waals surface area contributed by atoms with Crippen molar-refractivity contribution in [3.05, 3.63) is 10.1 Å². The van der Waals surface area contributed by atoms with Crippen LogP contribution in [0.15, 0.2) is 5.10 Å². The van der Waals surface area contributed by atoms with Crippen LogP contribution in [0.5, 0.6) is 0 Å². The average Bonchev–Trinajstić information content (AvgIpc) is 2.48. The van der Waals surface area contributed by atoms with Gasteiger partial charge in [-0.05, 0) is 13.3 Å². The second-order valence-electron chi connectivity index (χ2n) is 2.86. The van der Waals surface area contributed by atoms with E-state index in [9.17, 15) is 10.1 Å². The molecule has 6 heteroatoms. The van der Waals surface area contributed by atoms with Gasteiger partial charge in [-0.2, -0.15) is 5.10 Å². The molecule has 0 fully saturated rings. The summed E-state index contributed by atoms with van der Waals surface area (Å²) in [5.74, 6) is 0. The number of rotatable bonds is 4. The molecule has 13 heavy (non-hydrogen) atoms. The molecule has 0 aromatic carbocycles. The van der Waals surface area contributed by atoms with Gasteiger partial charge < -0.3 is 0 Å². The number of nitrogens with zero attached hydrogens (tertiary/aromatic N) is 4. The summed E-state index contributed by atoms with van der Waals surface area (Å²) in [5.41, 5.74) is 0. The Morgan fingerprint density at radius 3 is 2.77 bits per heavy atom. The molecule has 1 heterocycles. The van der Waals surface area contributed by atoms with Crippen LogP contribution >= 0.6 is 0 Å². The molecule has 0 bridgehead atoms. The first kappa shape index (κ1) is 9.76. The Bertz CT molecular complexity index is 219. The molecule has 6 nitrogen and oxygen atoms in total. The lowest BCUT2D eigenvalue weighted by molar-refractivity contribution is -0.570. The van der Waals surface area contributed by atoms with E-state index >= 15 is 0 Å². The summed E-state index contributed by atoms with van der Waals surface area (Å²) in [7, 11) is 0. The van der Waals surface area contributed by atoms with E-state index in [4.69, 9.17) is 0 Å². The van der Waals surface area contributed by atoms with E-state index in [1.165, 1.54) is 5.01 Å². The van der Waals surface area contributed by atoms with Gasteiger partial charge in [0.15, 0.2) is 0 Å². The molecule has 0 aliphatic carbocycles. The van der Waals surface area contributed by atoms with Crippen molar-refractivity contribution in [1.29, 1.82) is 0 Å². The molecule has 0 aromatic rings. The van der Waals surface area contributed by atoms with Crippen LogP contribution in [0.25, 0.3) is 0 Å². The van der Waals surface area contributed by atoms with Crippen molar-refractivity contribution in [2.45, 2.75) is 26.6 Å². The molecule has 0 radical (unpaired) electrons. The van der Waals surface area contributed by atoms with Crippen molar-refractivity contribution in [2.75, 3.05) is 13.1 Å². The summed E-state index contributed by atoms with van der Waals surface area (Å²) in [5, 5.41) is 16.1. The van der Waals surface area contributed by atoms with Crippen LogP contribution in [0.4, 0.5) is 0 Å². The lowest BCUT2D eigenvalue weighted by Gasteiger charge is -2.21. The molecule has 0 aromatic heterocycles. The predicted octanol–water partition coefficient (Wildman–Crippen LogP) is 0.538. The third-order valence-electron chi connectivity index (χ3n) is 1.91. The molecule has 1 unspecified atom stereocenters. The smallest absolute Gasteiger partial charge is 0.279 e. The Hall–Kier alpha value is -1.33. The molecule has 0 N–H and O–H groups in total. The van der Waals surface area contributed by atoms with Crippen molar-refractivity contribution < 1.29 is 4.92 Å². The number of nitro groups is 1. The highest BCUT2D eigenvalue weighted by molar-refractivity contribution is 5.56. The summed E-state index contributed by atoms with van der Waals surface area (Å²) in [6.07, 6.45) is 1.62. The molecule has 1 rings (SSSR count). The summed E-state index contributed by atoms with van der Waals surface area (Å²) >= 11 is 0. The Balaban J connectivity index is 2.66. The third kappa shape index (κ3) is 1.88. The van der Waals surface area contributed by atoms with E-state index in [0.717, 1.165) is 6.42 Å². The first-order valence-corrected chi connectivity index (χ1v) is 4.40. The molecule has 1 aliphatic rings. The highest BCUT2D eigenvalue weighted by Crippen LogP contribution is 2.12. The fourth-order valence-electron chi connectivity index (χ4n) is 1.33. The molecule has 0 saturated carbocycles. The number of hydrazone groups is 1. The highest BCUT2D eigenvalue weighted by Gasteiger charge is 2.36. The fraction of sp³-hybridized carbons (Fsp3) is 0.857. The Kier molecular flexibility index (Phi) is 3.05. The van der Waals surface area contributed by atoms with Crippen LogP contribution in [0.1, 0.15) is 20.3 Å². The van der Waals surface area contributed by atoms with E-state index in [1.807, 2.05) is 13.8 Å². The topological polar surface area (TPSA) is 62.0 Å². The van der Waals surface area contributed by atoms with Crippen molar-refractivity contribution in [2.24, 2.45) is 5.10 Å². The zero-order valence-corrected chi connectivity index (χ0v) is 7.88. The zero-order chi connectivity index (χ0) is 9.84. The van der Waals surface area contributed by atoms with Gasteiger partial charge in [-0.15, -0.1) is 0 Å². The first-order valence-electron chi connectivity index (χ1n) is 4.40. The number of hydrogen-bond donors (Lipinski definition) is 0. The van der Waals surface area contributed by atoms with Crippen LogP contribution in [0.3, 0.4) is 0 Å². The lowest BCUT2D eigenvalue weighted by Crippen LogP contribution is -2.45. The van der Waals surface area contributed by atoms with Crippen molar-refractivity contribution in [1.82, 2.24) is 9.91 Å². The van der Waals surface area contributed by atoms with Crippen LogP contribution < -0.4 is 0 Å². The molecule has 1 aliphatic heterocycles. The summed E-state index contributed by atoms with van der Waals surface area (Å²) in [6, 6.07) is 0. The average molecular weight is 186 g/mol. The van der Waals surface area contributed by atoms with E-state index < -0.39 is 6.29 Å². The van der Waals surface area contributed by atoms with E-state index in [-0.39, 0.29) is 4.92 Å². The van der Waals surface area contributed by atoms with E-state index in [1.54, 1.807) is 11.2 Å². The highest BCUT2D eigenvalue weighted by atomic mass is 16.6. The van der Waals surface area contributed by atoms with Crippen LogP contribution in [0, 0.1) is 10.1 Å². The van der Waals surface area contributed by atoms with Crippen molar-refractivity contribution in [3.63, 3.8) is 0 Å². The van der Waals surface area contributed by atoms with Gasteiger partial charge in [-0.1, -0.05) is 6.92 Å². The Morgan fingerprint density at radius 2 is 2.31 bits per heavy atom. The minimum absolute atomic E-state index is 0.313. The quantitative estimate of drug-likeness (QED) is 0.475. The molecule has 0 saturated heterocycles. The van der Waals surface area contributed by atoms with Gasteiger partial charge in [0.2, 0.25) is 0 Å². The molecular formula is C7H14N4O2. The van der Waals surface area contributed by atoms with Gasteiger partial charge in [0.25, 0.3) is 0 Å². The molecular weight excluding hydrogens is 172 g/mol. The van der Waals surface area contributed by atoms with Gasteiger partial charge in [0.05, 0.1) is 4.92 Å². The summed E-state index contributed by atoms with van der Waals surface area (Å²) in [4.78, 5) is 12.0. The Morgan fingerprint density at radius 1 is 1.62 bits per heavy atom. The second-order valence-corrected chi connectivity index (χ2v) is 2.86. The minimum Gasteiger partial charge on any atom is -0.279 e. The monoisotopic (exact) mass is 186 g/mol. The molecule has 74 valence electrons. The van der Waals surface area contributed by atoms with Gasteiger partial charge in [0, 0.05) is 13.1 Å². The van der Waals surface area contributed by atoms with Crippen molar-refractivity contribution >= 4 is 6.34 Å². The largest absolute Gasteiger partial charge is 0.383 e. The zero-order valence-electron chi connectivity index (χ0n) is 7.88. The minimum atomic E-state index is -0.801. The molecule has 0 amide bonds. The maximum atomic E-state index is 10.7. The first-order chi connectivity index (χ1) is 6.20. The fourth-order valence-corrected chi connectivity index (χ4v) is 1.33. The second kappa shape index (κ2) is 4.06. The Labute approximate surface area is 77.0 Å². The molecule has 1 atom stereocenters. The molecule has 0 spiro atoms. The van der Waals surface area contributed by atoms with Crippen LogP contribution in [0.2, 0.25) is 0 Å².